The highest BCUT2D eigenvalue weighted by atomic mass is 16.5. The normalized spacial score (nSPS) is 14.8. The van der Waals surface area contributed by atoms with Crippen LogP contribution in [0, 0.1) is 6.92 Å². The van der Waals surface area contributed by atoms with Gasteiger partial charge in [0.15, 0.2) is 0 Å². The molecule has 0 aliphatic heterocycles. The zero-order chi connectivity index (χ0) is 12.3. The molecular formula is C12H20N4O. The zero-order valence-corrected chi connectivity index (χ0v) is 10.7. The Bertz CT molecular complexity index is 379. The van der Waals surface area contributed by atoms with E-state index < -0.39 is 0 Å². The van der Waals surface area contributed by atoms with E-state index >= 15 is 0 Å². The molecule has 17 heavy (non-hydrogen) atoms. The van der Waals surface area contributed by atoms with Crippen LogP contribution in [0.15, 0.2) is 6.33 Å². The summed E-state index contributed by atoms with van der Waals surface area (Å²) >= 11 is 0. The fourth-order valence-corrected chi connectivity index (χ4v) is 2.02. The number of aromatic nitrogens is 2. The summed E-state index contributed by atoms with van der Waals surface area (Å²) in [6.07, 6.45) is 4.13. The van der Waals surface area contributed by atoms with Crippen molar-refractivity contribution < 1.29 is 4.74 Å². The lowest BCUT2D eigenvalue weighted by Crippen LogP contribution is -2.31. The molecule has 5 nitrogen and oxygen atoms in total. The Morgan fingerprint density at radius 2 is 2.24 bits per heavy atom. The molecule has 1 aliphatic carbocycles. The van der Waals surface area contributed by atoms with Crippen LogP contribution in [0.2, 0.25) is 0 Å². The molecule has 1 fully saturated rings. The van der Waals surface area contributed by atoms with Crippen molar-refractivity contribution in [1.29, 1.82) is 0 Å². The lowest BCUT2D eigenvalue weighted by Gasteiger charge is -2.25. The van der Waals surface area contributed by atoms with Crippen LogP contribution in [-0.4, -0.2) is 43.3 Å². The highest BCUT2D eigenvalue weighted by Crippen LogP contribution is 2.33. The molecule has 1 aromatic rings. The van der Waals surface area contributed by atoms with Gasteiger partial charge in [-0.2, -0.15) is 0 Å². The molecule has 0 radical (unpaired) electrons. The molecule has 1 aromatic heterocycles. The zero-order valence-electron chi connectivity index (χ0n) is 10.7. The third kappa shape index (κ3) is 2.66. The number of ether oxygens (including phenoxy) is 1. The van der Waals surface area contributed by atoms with Gasteiger partial charge >= 0.3 is 0 Å². The molecular weight excluding hydrogens is 216 g/mol. The molecule has 0 atom stereocenters. The highest BCUT2D eigenvalue weighted by Gasteiger charge is 2.31. The lowest BCUT2D eigenvalue weighted by molar-refractivity contribution is 0.204. The Balaban J connectivity index is 2.22. The van der Waals surface area contributed by atoms with Gasteiger partial charge < -0.3 is 15.0 Å². The van der Waals surface area contributed by atoms with Crippen LogP contribution in [-0.2, 0) is 4.74 Å². The Kier molecular flexibility index (Phi) is 3.78. The molecule has 1 saturated carbocycles. The smallest absolute Gasteiger partial charge is 0.137 e. The second-order valence-electron chi connectivity index (χ2n) is 4.34. The maximum atomic E-state index is 5.17. The Labute approximate surface area is 102 Å². The SMILES string of the molecule is CNc1ncnc(N(CCOC)C2CC2)c1C. The highest BCUT2D eigenvalue weighted by molar-refractivity contribution is 5.58. The second kappa shape index (κ2) is 5.31. The van der Waals surface area contributed by atoms with Crippen molar-refractivity contribution in [3.8, 4) is 0 Å². The quantitative estimate of drug-likeness (QED) is 0.810. The van der Waals surface area contributed by atoms with Gasteiger partial charge in [0.2, 0.25) is 0 Å². The van der Waals surface area contributed by atoms with E-state index in [-0.39, 0.29) is 0 Å². The molecule has 0 aromatic carbocycles. The van der Waals surface area contributed by atoms with Crippen molar-refractivity contribution >= 4 is 11.6 Å². The van der Waals surface area contributed by atoms with Crippen LogP contribution < -0.4 is 10.2 Å². The van der Waals surface area contributed by atoms with Crippen molar-refractivity contribution in [2.24, 2.45) is 0 Å². The third-order valence-corrected chi connectivity index (χ3v) is 3.09. The summed E-state index contributed by atoms with van der Waals surface area (Å²) in [4.78, 5) is 11.0. The standard InChI is InChI=1S/C12H20N4O/c1-9-11(13-2)14-8-15-12(9)16(6-7-17-3)10-4-5-10/h8,10H,4-7H2,1-3H3,(H,13,14,15). The molecule has 94 valence electrons. The van der Waals surface area contributed by atoms with Crippen LogP contribution in [0.4, 0.5) is 11.6 Å². The minimum atomic E-state index is 0.628. The molecule has 5 heteroatoms. The summed E-state index contributed by atoms with van der Waals surface area (Å²) in [7, 11) is 3.62. The van der Waals surface area contributed by atoms with Crippen LogP contribution in [0.5, 0.6) is 0 Å². The average Bonchev–Trinajstić information content (AvgIpc) is 3.16. The second-order valence-corrected chi connectivity index (χ2v) is 4.34. The maximum Gasteiger partial charge on any atom is 0.137 e. The number of hydrogen-bond donors (Lipinski definition) is 1. The molecule has 1 aliphatic rings. The van der Waals surface area contributed by atoms with E-state index in [9.17, 15) is 0 Å². The fourth-order valence-electron chi connectivity index (χ4n) is 2.02. The van der Waals surface area contributed by atoms with Gasteiger partial charge in [-0.1, -0.05) is 0 Å². The van der Waals surface area contributed by atoms with Crippen molar-refractivity contribution in [2.75, 3.05) is 37.5 Å². The monoisotopic (exact) mass is 236 g/mol. The molecule has 0 unspecified atom stereocenters. The van der Waals surface area contributed by atoms with E-state index in [2.05, 4.69) is 27.1 Å². The first-order chi connectivity index (χ1) is 8.27. The number of methoxy groups -OCH3 is 1. The largest absolute Gasteiger partial charge is 0.383 e. The molecule has 1 heterocycles. The molecule has 0 amide bonds. The minimum Gasteiger partial charge on any atom is -0.383 e. The van der Waals surface area contributed by atoms with Crippen molar-refractivity contribution in [3.05, 3.63) is 11.9 Å². The van der Waals surface area contributed by atoms with Gasteiger partial charge in [0.05, 0.1) is 6.61 Å². The summed E-state index contributed by atoms with van der Waals surface area (Å²) in [6.45, 7) is 3.68. The van der Waals surface area contributed by atoms with Crippen molar-refractivity contribution in [3.63, 3.8) is 0 Å². The summed E-state index contributed by atoms with van der Waals surface area (Å²) in [5.41, 5.74) is 1.11. The number of hydrogen-bond acceptors (Lipinski definition) is 5. The van der Waals surface area contributed by atoms with Gasteiger partial charge in [0, 0.05) is 32.3 Å². The summed E-state index contributed by atoms with van der Waals surface area (Å²) < 4.78 is 5.17. The van der Waals surface area contributed by atoms with Gasteiger partial charge in [-0.3, -0.25) is 0 Å². The third-order valence-electron chi connectivity index (χ3n) is 3.09. The van der Waals surface area contributed by atoms with Gasteiger partial charge in [0.1, 0.15) is 18.0 Å². The number of nitrogens with zero attached hydrogens (tertiary/aromatic N) is 3. The van der Waals surface area contributed by atoms with Gasteiger partial charge in [-0.05, 0) is 19.8 Å². The summed E-state index contributed by atoms with van der Waals surface area (Å²) in [6, 6.07) is 0.628. The average molecular weight is 236 g/mol. The number of nitrogens with one attached hydrogen (secondary N) is 1. The Morgan fingerprint density at radius 3 is 2.82 bits per heavy atom. The van der Waals surface area contributed by atoms with E-state index in [1.54, 1.807) is 13.4 Å². The number of anilines is 2. The predicted molar refractivity (Wildman–Crippen MR) is 68.6 cm³/mol. The maximum absolute atomic E-state index is 5.17. The molecule has 1 N–H and O–H groups in total. The van der Waals surface area contributed by atoms with Crippen LogP contribution in [0.1, 0.15) is 18.4 Å². The molecule has 0 bridgehead atoms. The summed E-state index contributed by atoms with van der Waals surface area (Å²) in [5, 5.41) is 3.10. The van der Waals surface area contributed by atoms with E-state index in [1.807, 2.05) is 7.05 Å². The van der Waals surface area contributed by atoms with Gasteiger partial charge in [-0.15, -0.1) is 0 Å². The Hall–Kier alpha value is -1.36. The van der Waals surface area contributed by atoms with Crippen LogP contribution in [0.3, 0.4) is 0 Å². The van der Waals surface area contributed by atoms with Crippen LogP contribution in [0.25, 0.3) is 0 Å². The minimum absolute atomic E-state index is 0.628. The van der Waals surface area contributed by atoms with Gasteiger partial charge in [0.25, 0.3) is 0 Å². The first kappa shape index (κ1) is 12.1. The first-order valence-corrected chi connectivity index (χ1v) is 6.03. The molecule has 2 rings (SSSR count). The van der Waals surface area contributed by atoms with Crippen molar-refractivity contribution in [1.82, 2.24) is 9.97 Å². The summed E-state index contributed by atoms with van der Waals surface area (Å²) in [5.74, 6) is 1.93. The van der Waals surface area contributed by atoms with E-state index in [0.29, 0.717) is 6.04 Å². The fraction of sp³-hybridized carbons (Fsp3) is 0.667. The van der Waals surface area contributed by atoms with Crippen LogP contribution >= 0.6 is 0 Å². The Morgan fingerprint density at radius 1 is 1.47 bits per heavy atom. The van der Waals surface area contributed by atoms with Gasteiger partial charge in [-0.25, -0.2) is 9.97 Å². The lowest BCUT2D eigenvalue weighted by atomic mass is 10.2. The number of rotatable bonds is 6. The van der Waals surface area contributed by atoms with Crippen molar-refractivity contribution in [2.45, 2.75) is 25.8 Å². The molecule has 0 saturated heterocycles. The molecule has 0 spiro atoms. The first-order valence-electron chi connectivity index (χ1n) is 6.03. The van der Waals surface area contributed by atoms with E-state index in [1.165, 1.54) is 12.8 Å². The van der Waals surface area contributed by atoms with E-state index in [0.717, 1.165) is 30.4 Å². The van der Waals surface area contributed by atoms with E-state index in [4.69, 9.17) is 4.74 Å². The predicted octanol–water partition coefficient (Wildman–Crippen LogP) is 1.44. The topological polar surface area (TPSA) is 50.3 Å².